The third-order valence-electron chi connectivity index (χ3n) is 3.55. The number of carbonyl (C=O) groups is 1. The van der Waals surface area contributed by atoms with Crippen molar-refractivity contribution in [1.29, 1.82) is 0 Å². The van der Waals surface area contributed by atoms with Crippen molar-refractivity contribution in [3.63, 3.8) is 0 Å². The number of halogens is 1. The van der Waals surface area contributed by atoms with E-state index in [-0.39, 0.29) is 17.6 Å². The van der Waals surface area contributed by atoms with E-state index < -0.39 is 0 Å². The lowest BCUT2D eigenvalue weighted by atomic mass is 10.4. The minimum absolute atomic E-state index is 0.0435. The predicted octanol–water partition coefficient (Wildman–Crippen LogP) is 1.70. The molecule has 2 aromatic rings. The monoisotopic (exact) mass is 369 g/mol. The zero-order chi connectivity index (χ0) is 17.9. The van der Waals surface area contributed by atoms with E-state index in [0.29, 0.717) is 10.7 Å². The number of amides is 1. The quantitative estimate of drug-likeness (QED) is 0.561. The van der Waals surface area contributed by atoms with Crippen molar-refractivity contribution >= 4 is 40.5 Å². The number of hydrogen-bond acceptors (Lipinski definition) is 4. The van der Waals surface area contributed by atoms with Crippen molar-refractivity contribution in [2.75, 3.05) is 5.32 Å². The summed E-state index contributed by atoms with van der Waals surface area (Å²) in [6, 6.07) is 0. The zero-order valence-corrected chi connectivity index (χ0v) is 15.5. The maximum absolute atomic E-state index is 12.0. The van der Waals surface area contributed by atoms with Gasteiger partial charge in [-0.3, -0.25) is 25.0 Å². The summed E-state index contributed by atoms with van der Waals surface area (Å²) >= 11 is 11.2. The minimum Gasteiger partial charge on any atom is -0.329 e. The van der Waals surface area contributed by atoms with Crippen molar-refractivity contribution in [3.8, 4) is 0 Å². The average molecular weight is 370 g/mol. The van der Waals surface area contributed by atoms with Crippen LogP contribution in [0.5, 0.6) is 0 Å². The van der Waals surface area contributed by atoms with Gasteiger partial charge in [-0.05, 0) is 39.9 Å². The van der Waals surface area contributed by atoms with Crippen molar-refractivity contribution in [2.45, 2.75) is 40.8 Å². The van der Waals surface area contributed by atoms with E-state index in [1.54, 1.807) is 17.8 Å². The Kier molecular flexibility index (Phi) is 5.79. The van der Waals surface area contributed by atoms with Crippen molar-refractivity contribution < 1.29 is 4.79 Å². The highest BCUT2D eigenvalue weighted by Gasteiger charge is 2.12. The van der Waals surface area contributed by atoms with Gasteiger partial charge >= 0.3 is 0 Å². The van der Waals surface area contributed by atoms with E-state index >= 15 is 0 Å². The number of hydrazine groups is 1. The van der Waals surface area contributed by atoms with Gasteiger partial charge in [-0.25, -0.2) is 0 Å². The molecule has 8 nitrogen and oxygen atoms in total. The normalized spacial score (nSPS) is 10.5. The number of hydrogen-bond donors (Lipinski definition) is 3. The van der Waals surface area contributed by atoms with Crippen LogP contribution in [0.2, 0.25) is 5.02 Å². The number of aryl methyl sites for hydroxylation is 2. The topological polar surface area (TPSA) is 88.8 Å². The molecule has 0 radical (unpaired) electrons. The summed E-state index contributed by atoms with van der Waals surface area (Å²) in [5.41, 5.74) is 8.36. The molecule has 1 amide bonds. The Morgan fingerprint density at radius 1 is 1.25 bits per heavy atom. The van der Waals surface area contributed by atoms with Crippen LogP contribution in [0.4, 0.5) is 5.69 Å². The van der Waals surface area contributed by atoms with Crippen LogP contribution in [0, 0.1) is 20.8 Å². The molecule has 0 unspecified atom stereocenters. The molecular weight excluding hydrogens is 350 g/mol. The van der Waals surface area contributed by atoms with E-state index in [9.17, 15) is 4.79 Å². The van der Waals surface area contributed by atoms with Crippen LogP contribution in [0.1, 0.15) is 24.0 Å². The summed E-state index contributed by atoms with van der Waals surface area (Å²) in [4.78, 5) is 12.0. The Labute approximate surface area is 150 Å². The van der Waals surface area contributed by atoms with Gasteiger partial charge in [-0.2, -0.15) is 10.2 Å². The van der Waals surface area contributed by atoms with Gasteiger partial charge in [0.2, 0.25) is 0 Å². The second kappa shape index (κ2) is 7.63. The Hall–Kier alpha value is -2.13. The van der Waals surface area contributed by atoms with Gasteiger partial charge in [0.25, 0.3) is 5.91 Å². The first-order valence-corrected chi connectivity index (χ1v) is 8.19. The number of nitrogens with one attached hydrogen (secondary N) is 3. The van der Waals surface area contributed by atoms with Gasteiger partial charge in [0.05, 0.1) is 34.0 Å². The molecule has 0 spiro atoms. The van der Waals surface area contributed by atoms with Crippen LogP contribution in [-0.4, -0.2) is 30.6 Å². The molecule has 2 aromatic heterocycles. The maximum atomic E-state index is 12.0. The molecule has 0 fully saturated rings. The second-order valence-corrected chi connectivity index (χ2v) is 6.02. The number of nitrogens with zero attached hydrogens (tertiary/aromatic N) is 4. The summed E-state index contributed by atoms with van der Waals surface area (Å²) < 4.78 is 3.39. The highest BCUT2D eigenvalue weighted by Crippen LogP contribution is 2.18. The first kappa shape index (κ1) is 18.2. The molecule has 10 heteroatoms. The average Bonchev–Trinajstić information content (AvgIpc) is 3.01. The molecule has 0 aliphatic carbocycles. The first-order chi connectivity index (χ1) is 11.3. The SMILES string of the molecule is CCn1ncc(NC(=S)NNC(=O)Cn2nc(C)c(Cl)c2C)c1C. The Bertz CT molecular complexity index is 768. The summed E-state index contributed by atoms with van der Waals surface area (Å²) in [5.74, 6) is -0.289. The lowest BCUT2D eigenvalue weighted by molar-refractivity contribution is -0.122. The Balaban J connectivity index is 1.85. The van der Waals surface area contributed by atoms with Gasteiger partial charge < -0.3 is 5.32 Å². The molecule has 0 atom stereocenters. The van der Waals surface area contributed by atoms with Crippen LogP contribution in [-0.2, 0) is 17.9 Å². The third-order valence-corrected chi connectivity index (χ3v) is 4.30. The van der Waals surface area contributed by atoms with Crippen LogP contribution in [0.15, 0.2) is 6.20 Å². The number of aromatic nitrogens is 4. The minimum atomic E-state index is -0.289. The molecule has 0 aliphatic rings. The predicted molar refractivity (Wildman–Crippen MR) is 96.8 cm³/mol. The standard InChI is InChI=1S/C14H20ClN7OS/c1-5-21-9(3)11(6-16-21)17-14(24)19-18-12(23)7-22-10(4)13(15)8(2)20-22/h6H,5,7H2,1-4H3,(H,18,23)(H2,17,19,24). The third kappa shape index (κ3) is 4.04. The van der Waals surface area contributed by atoms with Crippen LogP contribution >= 0.6 is 23.8 Å². The molecule has 0 saturated heterocycles. The lowest BCUT2D eigenvalue weighted by Gasteiger charge is -2.12. The molecule has 130 valence electrons. The summed E-state index contributed by atoms with van der Waals surface area (Å²) in [5, 5.41) is 12.2. The molecule has 2 rings (SSSR count). The Morgan fingerprint density at radius 2 is 1.96 bits per heavy atom. The zero-order valence-electron chi connectivity index (χ0n) is 14.0. The molecule has 0 aliphatic heterocycles. The van der Waals surface area contributed by atoms with E-state index in [1.165, 1.54) is 0 Å². The van der Waals surface area contributed by atoms with E-state index in [1.807, 2.05) is 25.5 Å². The molecule has 2 heterocycles. The smallest absolute Gasteiger partial charge is 0.260 e. The summed E-state index contributed by atoms with van der Waals surface area (Å²) in [6.07, 6.45) is 1.69. The van der Waals surface area contributed by atoms with E-state index in [4.69, 9.17) is 23.8 Å². The van der Waals surface area contributed by atoms with Crippen LogP contribution < -0.4 is 16.2 Å². The largest absolute Gasteiger partial charge is 0.329 e. The highest BCUT2D eigenvalue weighted by atomic mass is 35.5. The molecule has 24 heavy (non-hydrogen) atoms. The van der Waals surface area contributed by atoms with Gasteiger partial charge in [0, 0.05) is 6.54 Å². The van der Waals surface area contributed by atoms with Gasteiger partial charge in [0.15, 0.2) is 5.11 Å². The van der Waals surface area contributed by atoms with Gasteiger partial charge in [-0.1, -0.05) is 11.6 Å². The summed E-state index contributed by atoms with van der Waals surface area (Å²) in [6.45, 7) is 8.36. The molecule has 0 aromatic carbocycles. The summed E-state index contributed by atoms with van der Waals surface area (Å²) in [7, 11) is 0. The number of anilines is 1. The van der Waals surface area contributed by atoms with Crippen LogP contribution in [0.25, 0.3) is 0 Å². The number of carbonyl (C=O) groups excluding carboxylic acids is 1. The van der Waals surface area contributed by atoms with E-state index in [2.05, 4.69) is 26.4 Å². The fourth-order valence-electron chi connectivity index (χ4n) is 2.17. The molecule has 0 saturated carbocycles. The van der Waals surface area contributed by atoms with Crippen molar-refractivity contribution in [2.24, 2.45) is 0 Å². The highest BCUT2D eigenvalue weighted by molar-refractivity contribution is 7.80. The fourth-order valence-corrected chi connectivity index (χ4v) is 2.47. The van der Waals surface area contributed by atoms with Crippen LogP contribution in [0.3, 0.4) is 0 Å². The van der Waals surface area contributed by atoms with Crippen molar-refractivity contribution in [1.82, 2.24) is 30.4 Å². The van der Waals surface area contributed by atoms with Gasteiger partial charge in [-0.15, -0.1) is 0 Å². The number of thiocarbonyl (C=S) groups is 1. The number of rotatable bonds is 4. The molecule has 3 N–H and O–H groups in total. The molecular formula is C14H20ClN7OS. The fraction of sp³-hybridized carbons (Fsp3) is 0.429. The molecule has 0 bridgehead atoms. The lowest BCUT2D eigenvalue weighted by Crippen LogP contribution is -2.45. The van der Waals surface area contributed by atoms with Gasteiger partial charge in [0.1, 0.15) is 6.54 Å². The first-order valence-electron chi connectivity index (χ1n) is 7.41. The second-order valence-electron chi connectivity index (χ2n) is 5.23. The Morgan fingerprint density at radius 3 is 2.50 bits per heavy atom. The van der Waals surface area contributed by atoms with Crippen molar-refractivity contribution in [3.05, 3.63) is 28.3 Å². The maximum Gasteiger partial charge on any atom is 0.260 e. The van der Waals surface area contributed by atoms with E-state index in [0.717, 1.165) is 23.6 Å².